The Balaban J connectivity index is 2.03. The Bertz CT molecular complexity index is 929. The molecular formula is C16H11NO5. The SMILES string of the molecule is O=c1oc2ccccc2cc1Cc1ccc(O)c([N+](=O)[O-])c1. The lowest BCUT2D eigenvalue weighted by Crippen LogP contribution is -2.07. The van der Waals surface area contributed by atoms with Crippen molar-refractivity contribution in [2.75, 3.05) is 0 Å². The summed E-state index contributed by atoms with van der Waals surface area (Å²) in [6.07, 6.45) is 0.189. The molecule has 0 fully saturated rings. The van der Waals surface area contributed by atoms with Crippen LogP contribution in [0.15, 0.2) is 57.7 Å². The van der Waals surface area contributed by atoms with Crippen molar-refractivity contribution >= 4 is 16.7 Å². The van der Waals surface area contributed by atoms with Crippen LogP contribution in [0.5, 0.6) is 5.75 Å². The third-order valence-corrected chi connectivity index (χ3v) is 3.34. The second-order valence-corrected chi connectivity index (χ2v) is 4.85. The van der Waals surface area contributed by atoms with Gasteiger partial charge in [0.1, 0.15) is 5.58 Å². The Kier molecular flexibility index (Phi) is 3.34. The molecule has 0 aliphatic carbocycles. The van der Waals surface area contributed by atoms with E-state index in [0.717, 1.165) is 5.39 Å². The fourth-order valence-corrected chi connectivity index (χ4v) is 2.27. The van der Waals surface area contributed by atoms with Crippen molar-refractivity contribution in [3.63, 3.8) is 0 Å². The van der Waals surface area contributed by atoms with Gasteiger partial charge in [0.05, 0.1) is 4.92 Å². The number of hydrogen-bond acceptors (Lipinski definition) is 5. The van der Waals surface area contributed by atoms with Gasteiger partial charge in [0.15, 0.2) is 5.75 Å². The average molecular weight is 297 g/mol. The Morgan fingerprint density at radius 3 is 2.68 bits per heavy atom. The van der Waals surface area contributed by atoms with E-state index in [-0.39, 0.29) is 12.1 Å². The molecule has 0 spiro atoms. The molecule has 0 saturated heterocycles. The van der Waals surface area contributed by atoms with E-state index in [2.05, 4.69) is 0 Å². The summed E-state index contributed by atoms with van der Waals surface area (Å²) in [5, 5.41) is 21.1. The highest BCUT2D eigenvalue weighted by Gasteiger charge is 2.15. The van der Waals surface area contributed by atoms with E-state index in [1.165, 1.54) is 18.2 Å². The van der Waals surface area contributed by atoms with Crippen LogP contribution in [0.25, 0.3) is 11.0 Å². The predicted molar refractivity (Wildman–Crippen MR) is 80.1 cm³/mol. The standard InChI is InChI=1S/C16H11NO5/c18-14-6-5-10(8-13(14)17(20)21)7-12-9-11-3-1-2-4-15(11)22-16(12)19/h1-6,8-9,18H,7H2. The van der Waals surface area contributed by atoms with Gasteiger partial charge in [-0.1, -0.05) is 24.3 Å². The van der Waals surface area contributed by atoms with Gasteiger partial charge in [0.2, 0.25) is 0 Å². The lowest BCUT2D eigenvalue weighted by atomic mass is 10.0. The van der Waals surface area contributed by atoms with E-state index in [1.807, 2.05) is 12.1 Å². The maximum absolute atomic E-state index is 12.0. The zero-order valence-corrected chi connectivity index (χ0v) is 11.4. The molecule has 0 amide bonds. The number of nitrogens with zero attached hydrogens (tertiary/aromatic N) is 1. The molecule has 0 bridgehead atoms. The third kappa shape index (κ3) is 2.54. The number of fused-ring (bicyclic) bond motifs is 1. The Hall–Kier alpha value is -3.15. The average Bonchev–Trinajstić information content (AvgIpc) is 2.49. The van der Waals surface area contributed by atoms with Gasteiger partial charge < -0.3 is 9.52 Å². The van der Waals surface area contributed by atoms with Gasteiger partial charge in [0, 0.05) is 23.4 Å². The summed E-state index contributed by atoms with van der Waals surface area (Å²) in [6.45, 7) is 0. The fourth-order valence-electron chi connectivity index (χ4n) is 2.27. The molecule has 0 saturated carbocycles. The smallest absolute Gasteiger partial charge is 0.339 e. The molecule has 1 heterocycles. The molecule has 6 nitrogen and oxygen atoms in total. The van der Waals surface area contributed by atoms with Crippen LogP contribution in [-0.2, 0) is 6.42 Å². The lowest BCUT2D eigenvalue weighted by Gasteiger charge is -2.03. The zero-order chi connectivity index (χ0) is 15.7. The number of benzene rings is 2. The molecule has 2 aromatic carbocycles. The summed E-state index contributed by atoms with van der Waals surface area (Å²) < 4.78 is 5.23. The fraction of sp³-hybridized carbons (Fsp3) is 0.0625. The molecule has 0 atom stereocenters. The lowest BCUT2D eigenvalue weighted by molar-refractivity contribution is -0.385. The maximum Gasteiger partial charge on any atom is 0.339 e. The van der Waals surface area contributed by atoms with Gasteiger partial charge in [-0.25, -0.2) is 4.79 Å². The van der Waals surface area contributed by atoms with Crippen molar-refractivity contribution in [3.8, 4) is 5.75 Å². The highest BCUT2D eigenvalue weighted by Crippen LogP contribution is 2.27. The van der Waals surface area contributed by atoms with Crippen LogP contribution in [0, 0.1) is 10.1 Å². The summed E-state index contributed by atoms with van der Waals surface area (Å²) in [5.41, 5.74) is 0.579. The topological polar surface area (TPSA) is 93.6 Å². The summed E-state index contributed by atoms with van der Waals surface area (Å²) >= 11 is 0. The first-order valence-corrected chi connectivity index (χ1v) is 6.52. The monoisotopic (exact) mass is 297 g/mol. The molecule has 0 aliphatic heterocycles. The van der Waals surface area contributed by atoms with E-state index in [0.29, 0.717) is 16.7 Å². The van der Waals surface area contributed by atoms with Crippen molar-refractivity contribution < 1.29 is 14.4 Å². The second kappa shape index (κ2) is 5.33. The summed E-state index contributed by atoms with van der Waals surface area (Å²) in [4.78, 5) is 22.1. The molecular weight excluding hydrogens is 286 g/mol. The normalized spacial score (nSPS) is 10.7. The van der Waals surface area contributed by atoms with Gasteiger partial charge in [-0.15, -0.1) is 0 Å². The highest BCUT2D eigenvalue weighted by molar-refractivity contribution is 5.76. The molecule has 3 rings (SSSR count). The van der Waals surface area contributed by atoms with E-state index >= 15 is 0 Å². The molecule has 0 radical (unpaired) electrons. The van der Waals surface area contributed by atoms with Gasteiger partial charge in [-0.3, -0.25) is 10.1 Å². The number of aromatic hydroxyl groups is 1. The first-order valence-electron chi connectivity index (χ1n) is 6.52. The van der Waals surface area contributed by atoms with E-state index in [1.54, 1.807) is 18.2 Å². The number of hydrogen-bond donors (Lipinski definition) is 1. The van der Waals surface area contributed by atoms with E-state index < -0.39 is 16.3 Å². The Morgan fingerprint density at radius 1 is 1.14 bits per heavy atom. The molecule has 22 heavy (non-hydrogen) atoms. The van der Waals surface area contributed by atoms with Crippen molar-refractivity contribution in [1.82, 2.24) is 0 Å². The minimum absolute atomic E-state index is 0.189. The summed E-state index contributed by atoms with van der Waals surface area (Å²) in [7, 11) is 0. The van der Waals surface area contributed by atoms with Gasteiger partial charge in [0.25, 0.3) is 0 Å². The number of phenols is 1. The van der Waals surface area contributed by atoms with Crippen LogP contribution in [-0.4, -0.2) is 10.0 Å². The number of nitro benzene ring substituents is 1. The number of phenolic OH excluding ortho intramolecular Hbond substituents is 1. The van der Waals surface area contributed by atoms with Crippen molar-refractivity contribution in [3.05, 3.63) is 80.2 Å². The minimum Gasteiger partial charge on any atom is -0.502 e. The maximum atomic E-state index is 12.0. The number of rotatable bonds is 3. The van der Waals surface area contributed by atoms with Crippen LogP contribution in [0.4, 0.5) is 5.69 Å². The van der Waals surface area contributed by atoms with Crippen LogP contribution < -0.4 is 5.63 Å². The molecule has 0 unspecified atom stereocenters. The molecule has 1 N–H and O–H groups in total. The highest BCUT2D eigenvalue weighted by atomic mass is 16.6. The van der Waals surface area contributed by atoms with Crippen molar-refractivity contribution in [2.24, 2.45) is 0 Å². The van der Waals surface area contributed by atoms with Crippen molar-refractivity contribution in [1.29, 1.82) is 0 Å². The quantitative estimate of drug-likeness (QED) is 0.455. The summed E-state index contributed by atoms with van der Waals surface area (Å²) in [5.74, 6) is -0.403. The number of para-hydroxylation sites is 1. The molecule has 0 aliphatic rings. The molecule has 3 aromatic rings. The van der Waals surface area contributed by atoms with Gasteiger partial charge >= 0.3 is 11.3 Å². The number of nitro groups is 1. The van der Waals surface area contributed by atoms with E-state index in [4.69, 9.17) is 4.42 Å². The van der Waals surface area contributed by atoms with Crippen LogP contribution in [0.1, 0.15) is 11.1 Å². The van der Waals surface area contributed by atoms with Crippen LogP contribution in [0.3, 0.4) is 0 Å². The molecule has 6 heteroatoms. The Morgan fingerprint density at radius 2 is 1.91 bits per heavy atom. The third-order valence-electron chi connectivity index (χ3n) is 3.34. The van der Waals surface area contributed by atoms with Crippen molar-refractivity contribution in [2.45, 2.75) is 6.42 Å². The largest absolute Gasteiger partial charge is 0.502 e. The second-order valence-electron chi connectivity index (χ2n) is 4.85. The zero-order valence-electron chi connectivity index (χ0n) is 11.4. The van der Waals surface area contributed by atoms with Gasteiger partial charge in [-0.05, 0) is 23.8 Å². The van der Waals surface area contributed by atoms with E-state index in [9.17, 15) is 20.0 Å². The first kappa shape index (κ1) is 13.8. The molecule has 1 aromatic heterocycles. The van der Waals surface area contributed by atoms with Crippen LogP contribution in [0.2, 0.25) is 0 Å². The van der Waals surface area contributed by atoms with Crippen LogP contribution >= 0.6 is 0 Å². The first-order chi connectivity index (χ1) is 10.5. The van der Waals surface area contributed by atoms with Gasteiger partial charge in [-0.2, -0.15) is 0 Å². The predicted octanol–water partition coefficient (Wildman–Crippen LogP) is 3.00. The Labute approximate surface area is 124 Å². The molecule has 110 valence electrons. The summed E-state index contributed by atoms with van der Waals surface area (Å²) in [6, 6.07) is 12.9. The minimum atomic E-state index is -0.665.